The van der Waals surface area contributed by atoms with Crippen LogP contribution in [-0.4, -0.2) is 47.1 Å². The summed E-state index contributed by atoms with van der Waals surface area (Å²) in [5, 5.41) is 3.90. The predicted octanol–water partition coefficient (Wildman–Crippen LogP) is 7.27. The summed E-state index contributed by atoms with van der Waals surface area (Å²) < 4.78 is 5.42. The normalized spacial score (nSPS) is 11.9. The van der Waals surface area contributed by atoms with Gasteiger partial charge < -0.3 is 19.9 Å². The molecule has 2 aromatic carbocycles. The van der Waals surface area contributed by atoms with Gasteiger partial charge in [0.15, 0.2) is 0 Å². The van der Waals surface area contributed by atoms with Gasteiger partial charge in [-0.15, -0.1) is 0 Å². The molecule has 0 saturated carbocycles. The maximum atomic E-state index is 13.6. The van der Waals surface area contributed by atoms with Crippen LogP contribution in [0.3, 0.4) is 0 Å². The molecular weight excluding hydrogens is 474 g/mol. The van der Waals surface area contributed by atoms with Crippen molar-refractivity contribution in [2.45, 2.75) is 74.3 Å². The Hall–Kier alpha value is -3.28. The van der Waals surface area contributed by atoms with Crippen LogP contribution in [0, 0.1) is 25.7 Å². The van der Waals surface area contributed by atoms with E-state index in [4.69, 9.17) is 4.74 Å². The van der Waals surface area contributed by atoms with Crippen molar-refractivity contribution in [2.24, 2.45) is 11.8 Å². The summed E-state index contributed by atoms with van der Waals surface area (Å²) in [6.07, 6.45) is 0.167. The van der Waals surface area contributed by atoms with Crippen LogP contribution in [0.5, 0.6) is 0 Å². The van der Waals surface area contributed by atoms with Gasteiger partial charge in [0.05, 0.1) is 0 Å². The first-order valence-corrected chi connectivity index (χ1v) is 13.7. The Morgan fingerprint density at radius 1 is 0.947 bits per heavy atom. The molecule has 0 spiro atoms. The van der Waals surface area contributed by atoms with Crippen molar-refractivity contribution in [3.8, 4) is 11.3 Å². The second kappa shape index (κ2) is 12.1. The monoisotopic (exact) mass is 519 g/mol. The number of ether oxygens (including phenoxy) is 1. The molecule has 6 heteroatoms. The molecule has 0 unspecified atom stereocenters. The van der Waals surface area contributed by atoms with Gasteiger partial charge in [0.2, 0.25) is 0 Å². The van der Waals surface area contributed by atoms with Gasteiger partial charge in [-0.2, -0.15) is 0 Å². The summed E-state index contributed by atoms with van der Waals surface area (Å²) in [4.78, 5) is 31.5. The lowest BCUT2D eigenvalue weighted by atomic mass is 9.98. The molecule has 0 aliphatic heterocycles. The van der Waals surface area contributed by atoms with Crippen molar-refractivity contribution >= 4 is 22.9 Å². The minimum Gasteiger partial charge on any atom is -0.444 e. The molecule has 6 nitrogen and oxygen atoms in total. The van der Waals surface area contributed by atoms with Gasteiger partial charge in [-0.05, 0) is 94.3 Å². The van der Waals surface area contributed by atoms with Crippen LogP contribution >= 0.6 is 0 Å². The first-order chi connectivity index (χ1) is 17.7. The number of aromatic amines is 1. The second-order valence-corrected chi connectivity index (χ2v) is 12.3. The van der Waals surface area contributed by atoms with Gasteiger partial charge in [0.1, 0.15) is 5.60 Å². The fraction of sp³-hybridized carbons (Fsp3) is 0.500. The van der Waals surface area contributed by atoms with Gasteiger partial charge in [0.25, 0.3) is 5.91 Å². The van der Waals surface area contributed by atoms with E-state index in [0.717, 1.165) is 40.8 Å². The van der Waals surface area contributed by atoms with Crippen molar-refractivity contribution in [3.63, 3.8) is 0 Å². The predicted molar refractivity (Wildman–Crippen MR) is 157 cm³/mol. The average Bonchev–Trinajstić information content (AvgIpc) is 3.13. The molecule has 3 aromatic rings. The van der Waals surface area contributed by atoms with E-state index in [-0.39, 0.29) is 5.91 Å². The maximum Gasteiger partial charge on any atom is 0.407 e. The van der Waals surface area contributed by atoms with Crippen molar-refractivity contribution in [1.29, 1.82) is 0 Å². The zero-order valence-corrected chi connectivity index (χ0v) is 24.6. The quantitative estimate of drug-likeness (QED) is 0.312. The number of nitrogens with one attached hydrogen (secondary N) is 2. The number of carbonyl (C=O) groups excluding carboxylic acids is 2. The second-order valence-electron chi connectivity index (χ2n) is 12.3. The third kappa shape index (κ3) is 7.86. The minimum atomic E-state index is -0.553. The van der Waals surface area contributed by atoms with Crippen LogP contribution in [0.25, 0.3) is 22.2 Å². The summed E-state index contributed by atoms with van der Waals surface area (Å²) >= 11 is 0. The smallest absolute Gasteiger partial charge is 0.407 e. The van der Waals surface area contributed by atoms with E-state index in [0.29, 0.717) is 30.4 Å². The third-order valence-corrected chi connectivity index (χ3v) is 6.16. The number of carbonyl (C=O) groups is 2. The number of alkyl carbamates (subject to hydrolysis) is 1. The molecule has 0 radical (unpaired) electrons. The number of rotatable bonds is 9. The maximum absolute atomic E-state index is 13.6. The first-order valence-electron chi connectivity index (χ1n) is 13.7. The Morgan fingerprint density at radius 3 is 2.11 bits per heavy atom. The van der Waals surface area contributed by atoms with E-state index < -0.39 is 11.7 Å². The van der Waals surface area contributed by atoms with Gasteiger partial charge >= 0.3 is 6.09 Å². The number of hydrogen-bond donors (Lipinski definition) is 2. The van der Waals surface area contributed by atoms with Crippen LogP contribution in [0.2, 0.25) is 0 Å². The Balaban J connectivity index is 2.02. The third-order valence-electron chi connectivity index (χ3n) is 6.16. The summed E-state index contributed by atoms with van der Waals surface area (Å²) in [7, 11) is 0. The van der Waals surface area contributed by atoms with E-state index in [1.54, 1.807) is 0 Å². The topological polar surface area (TPSA) is 74.4 Å². The largest absolute Gasteiger partial charge is 0.444 e. The molecule has 2 amide bonds. The lowest BCUT2D eigenvalue weighted by Crippen LogP contribution is -2.37. The molecule has 0 atom stereocenters. The Labute approximate surface area is 228 Å². The molecule has 206 valence electrons. The molecule has 0 aliphatic rings. The fourth-order valence-electron chi connectivity index (χ4n) is 4.91. The average molecular weight is 520 g/mol. The molecule has 1 aromatic heterocycles. The van der Waals surface area contributed by atoms with Crippen molar-refractivity contribution < 1.29 is 14.3 Å². The number of amides is 2. The molecule has 3 rings (SSSR count). The van der Waals surface area contributed by atoms with Crippen LogP contribution < -0.4 is 5.32 Å². The summed E-state index contributed by atoms with van der Waals surface area (Å²) in [6.45, 7) is 20.2. The molecule has 0 fully saturated rings. The molecule has 38 heavy (non-hydrogen) atoms. The Bertz CT molecular complexity index is 1250. The Morgan fingerprint density at radius 2 is 1.55 bits per heavy atom. The van der Waals surface area contributed by atoms with E-state index >= 15 is 0 Å². The fourth-order valence-corrected chi connectivity index (χ4v) is 4.91. The van der Waals surface area contributed by atoms with Gasteiger partial charge in [-0.3, -0.25) is 4.79 Å². The minimum absolute atomic E-state index is 0.0567. The van der Waals surface area contributed by atoms with Gasteiger partial charge in [-0.1, -0.05) is 44.9 Å². The van der Waals surface area contributed by atoms with Crippen molar-refractivity contribution in [1.82, 2.24) is 15.2 Å². The van der Waals surface area contributed by atoms with E-state index in [2.05, 4.69) is 70.0 Å². The summed E-state index contributed by atoms with van der Waals surface area (Å²) in [5.74, 6) is 0.833. The van der Waals surface area contributed by atoms with Crippen LogP contribution in [-0.2, 0) is 11.2 Å². The molecule has 0 saturated heterocycles. The zero-order valence-electron chi connectivity index (χ0n) is 24.6. The number of H-pyrrole nitrogens is 1. The van der Waals surface area contributed by atoms with Gasteiger partial charge in [0, 0.05) is 41.8 Å². The number of hydrogen-bond acceptors (Lipinski definition) is 3. The summed E-state index contributed by atoms with van der Waals surface area (Å²) in [6, 6.07) is 12.4. The molecule has 0 aliphatic carbocycles. The highest BCUT2D eigenvalue weighted by Gasteiger charge is 2.21. The highest BCUT2D eigenvalue weighted by molar-refractivity contribution is 6.00. The highest BCUT2D eigenvalue weighted by atomic mass is 16.6. The zero-order chi connectivity index (χ0) is 28.2. The van der Waals surface area contributed by atoms with E-state index in [1.807, 2.05) is 43.9 Å². The lowest BCUT2D eigenvalue weighted by molar-refractivity contribution is 0.0528. The Kier molecular flexibility index (Phi) is 9.29. The standard InChI is InChI=1S/C32H45N3O3/c1-20(2)18-35(19-21(3)4)30(36)24-10-11-28-27(17-24)26(12-13-33-31(37)38-32(7,8)9)29(34-28)25-15-22(5)14-23(6)16-25/h10-11,14-17,20-21,34H,12-13,18-19H2,1-9H3,(H,33,37). The number of aryl methyl sites for hydroxylation is 2. The first kappa shape index (κ1) is 29.3. The number of benzene rings is 2. The SMILES string of the molecule is Cc1cc(C)cc(-c2[nH]c3ccc(C(=O)N(CC(C)C)CC(C)C)cc3c2CCNC(=O)OC(C)(C)C)c1. The van der Waals surface area contributed by atoms with Gasteiger partial charge in [-0.25, -0.2) is 4.79 Å². The van der Waals surface area contributed by atoms with Crippen LogP contribution in [0.1, 0.15) is 75.5 Å². The highest BCUT2D eigenvalue weighted by Crippen LogP contribution is 2.33. The molecular formula is C32H45N3O3. The summed E-state index contributed by atoms with van der Waals surface area (Å²) in [5.41, 5.74) is 6.67. The number of fused-ring (bicyclic) bond motifs is 1. The number of nitrogens with zero attached hydrogens (tertiary/aromatic N) is 1. The molecule has 2 N–H and O–H groups in total. The number of aromatic nitrogens is 1. The molecule has 1 heterocycles. The molecule has 0 bridgehead atoms. The van der Waals surface area contributed by atoms with E-state index in [1.165, 1.54) is 11.1 Å². The van der Waals surface area contributed by atoms with Crippen molar-refractivity contribution in [3.05, 3.63) is 58.7 Å². The van der Waals surface area contributed by atoms with Crippen molar-refractivity contribution in [2.75, 3.05) is 19.6 Å². The van der Waals surface area contributed by atoms with Crippen LogP contribution in [0.4, 0.5) is 4.79 Å². The van der Waals surface area contributed by atoms with E-state index in [9.17, 15) is 9.59 Å². The lowest BCUT2D eigenvalue weighted by Gasteiger charge is -2.26. The van der Waals surface area contributed by atoms with Crippen LogP contribution in [0.15, 0.2) is 36.4 Å².